The van der Waals surface area contributed by atoms with E-state index in [-0.39, 0.29) is 23.6 Å². The molecule has 4 amide bonds. The van der Waals surface area contributed by atoms with Crippen LogP contribution in [0, 0.1) is 35.5 Å². The van der Waals surface area contributed by atoms with Gasteiger partial charge in [-0.1, -0.05) is 55.5 Å². The van der Waals surface area contributed by atoms with Crippen LogP contribution in [0.5, 0.6) is 0 Å². The van der Waals surface area contributed by atoms with Crippen molar-refractivity contribution in [2.75, 3.05) is 15.7 Å². The molecule has 0 radical (unpaired) electrons. The number of imide groups is 2. The third-order valence-electron chi connectivity index (χ3n) is 7.04. The van der Waals surface area contributed by atoms with E-state index in [4.69, 9.17) is 11.6 Å². The highest BCUT2D eigenvalue weighted by atomic mass is 35.5. The van der Waals surface area contributed by atoms with Crippen molar-refractivity contribution in [3.63, 3.8) is 0 Å². The van der Waals surface area contributed by atoms with Crippen LogP contribution >= 0.6 is 11.6 Å². The molecule has 2 aliphatic heterocycles. The average Bonchev–Trinajstić information content (AvgIpc) is 3.28. The van der Waals surface area contributed by atoms with Gasteiger partial charge in [0.1, 0.15) is 0 Å². The van der Waals surface area contributed by atoms with Crippen molar-refractivity contribution in [2.24, 2.45) is 35.5 Å². The van der Waals surface area contributed by atoms with E-state index in [1.807, 2.05) is 31.2 Å². The molecule has 3 fully saturated rings. The molecule has 4 atom stereocenters. The zero-order chi connectivity index (χ0) is 23.3. The van der Waals surface area contributed by atoms with Crippen molar-refractivity contribution in [3.8, 4) is 0 Å². The SMILES string of the molecule is CCCl.O=C1C2C3C=CC(C2C(=O)N1c1ccccc1)C1C(=O)N(c2ccccc2)C(=O)C31. The number of nitrogens with zero attached hydrogens (tertiary/aromatic N) is 2. The molecule has 0 aromatic heterocycles. The number of anilines is 2. The van der Waals surface area contributed by atoms with E-state index >= 15 is 0 Å². The Bertz CT molecular complexity index is 1020. The zero-order valence-electron chi connectivity index (χ0n) is 18.0. The summed E-state index contributed by atoms with van der Waals surface area (Å²) >= 11 is 5.00. The largest absolute Gasteiger partial charge is 0.274 e. The van der Waals surface area contributed by atoms with Gasteiger partial charge in [0.05, 0.1) is 35.0 Å². The van der Waals surface area contributed by atoms with Crippen LogP contribution in [0.2, 0.25) is 0 Å². The summed E-state index contributed by atoms with van der Waals surface area (Å²) in [6.45, 7) is 1.89. The summed E-state index contributed by atoms with van der Waals surface area (Å²) in [7, 11) is 0. The third-order valence-corrected chi connectivity index (χ3v) is 7.04. The average molecular weight is 463 g/mol. The van der Waals surface area contributed by atoms with Crippen molar-refractivity contribution >= 4 is 46.6 Å². The smallest absolute Gasteiger partial charge is 0.238 e. The molecule has 0 N–H and O–H groups in total. The highest BCUT2D eigenvalue weighted by Gasteiger charge is 2.68. The van der Waals surface area contributed by atoms with Crippen molar-refractivity contribution in [3.05, 3.63) is 72.8 Å². The molecule has 33 heavy (non-hydrogen) atoms. The summed E-state index contributed by atoms with van der Waals surface area (Å²) in [6.07, 6.45) is 3.76. The predicted molar refractivity (Wildman–Crippen MR) is 124 cm³/mol. The van der Waals surface area contributed by atoms with Gasteiger partial charge in [0.25, 0.3) is 0 Å². The van der Waals surface area contributed by atoms with Gasteiger partial charge in [-0.2, -0.15) is 0 Å². The Morgan fingerprint density at radius 1 is 0.606 bits per heavy atom. The second-order valence-corrected chi connectivity index (χ2v) is 9.14. The van der Waals surface area contributed by atoms with Crippen LogP contribution in [0.25, 0.3) is 0 Å². The molecule has 2 heterocycles. The van der Waals surface area contributed by atoms with Crippen LogP contribution in [0.4, 0.5) is 11.4 Å². The van der Waals surface area contributed by atoms with Crippen LogP contribution in [0.15, 0.2) is 72.8 Å². The molecule has 7 heteroatoms. The number of hydrogen-bond donors (Lipinski definition) is 0. The fraction of sp³-hybridized carbons (Fsp3) is 0.308. The summed E-state index contributed by atoms with van der Waals surface area (Å²) in [5.74, 6) is -3.63. The minimum Gasteiger partial charge on any atom is -0.274 e. The molecule has 2 aromatic rings. The molecule has 1 saturated carbocycles. The maximum atomic E-state index is 13.3. The molecular formula is C26H23ClN2O4. The molecule has 4 unspecified atom stereocenters. The first-order valence-electron chi connectivity index (χ1n) is 11.1. The Labute approximate surface area is 196 Å². The van der Waals surface area contributed by atoms with Crippen molar-refractivity contribution in [2.45, 2.75) is 6.92 Å². The number of allylic oxidation sites excluding steroid dienone is 2. The van der Waals surface area contributed by atoms with Gasteiger partial charge in [0.2, 0.25) is 23.6 Å². The van der Waals surface area contributed by atoms with E-state index in [0.717, 1.165) is 5.88 Å². The maximum Gasteiger partial charge on any atom is 0.238 e. The maximum absolute atomic E-state index is 13.3. The quantitative estimate of drug-likeness (QED) is 0.388. The minimum absolute atomic E-state index is 0.271. The summed E-state index contributed by atoms with van der Waals surface area (Å²) in [4.78, 5) is 55.8. The van der Waals surface area contributed by atoms with Crippen LogP contribution in [-0.2, 0) is 19.2 Å². The number of benzene rings is 2. The number of hydrogen-bond acceptors (Lipinski definition) is 4. The lowest BCUT2D eigenvalue weighted by atomic mass is 9.54. The molecule has 6 nitrogen and oxygen atoms in total. The molecule has 2 bridgehead atoms. The van der Waals surface area contributed by atoms with Crippen molar-refractivity contribution in [1.82, 2.24) is 0 Å². The fourth-order valence-electron chi connectivity index (χ4n) is 5.89. The van der Waals surface area contributed by atoms with Gasteiger partial charge in [0.15, 0.2) is 0 Å². The Morgan fingerprint density at radius 2 is 0.879 bits per heavy atom. The number of carbonyl (C=O) groups excluding carboxylic acids is 4. The first-order valence-corrected chi connectivity index (χ1v) is 11.6. The lowest BCUT2D eigenvalue weighted by Crippen LogP contribution is -2.50. The molecule has 5 aliphatic rings. The summed E-state index contributed by atoms with van der Waals surface area (Å²) in [6, 6.07) is 17.7. The normalized spacial score (nSPS) is 31.5. The summed E-state index contributed by atoms with van der Waals surface area (Å²) in [5.41, 5.74) is 1.07. The Hall–Kier alpha value is -3.25. The van der Waals surface area contributed by atoms with Gasteiger partial charge >= 0.3 is 0 Å². The highest BCUT2D eigenvalue weighted by molar-refractivity contribution is 6.26. The monoisotopic (exact) mass is 462 g/mol. The first-order chi connectivity index (χ1) is 16.0. The zero-order valence-corrected chi connectivity index (χ0v) is 18.8. The molecule has 0 spiro atoms. The summed E-state index contributed by atoms with van der Waals surface area (Å²) in [5, 5.41) is 0. The highest BCUT2D eigenvalue weighted by Crippen LogP contribution is 2.58. The van der Waals surface area contributed by atoms with E-state index in [9.17, 15) is 19.2 Å². The van der Waals surface area contributed by atoms with E-state index < -0.39 is 35.5 Å². The van der Waals surface area contributed by atoms with Crippen LogP contribution in [0.1, 0.15) is 6.92 Å². The molecule has 3 aliphatic carbocycles. The van der Waals surface area contributed by atoms with E-state index in [1.54, 1.807) is 48.5 Å². The Kier molecular flexibility index (Phi) is 5.41. The molecule has 7 rings (SSSR count). The third kappa shape index (κ3) is 3.08. The Morgan fingerprint density at radius 3 is 1.15 bits per heavy atom. The minimum atomic E-state index is -0.596. The Balaban J connectivity index is 0.000000724. The van der Waals surface area contributed by atoms with Crippen LogP contribution < -0.4 is 9.80 Å². The molecule has 168 valence electrons. The second kappa shape index (κ2) is 8.27. The van der Waals surface area contributed by atoms with Crippen LogP contribution in [0.3, 0.4) is 0 Å². The summed E-state index contributed by atoms with van der Waals surface area (Å²) < 4.78 is 0. The van der Waals surface area contributed by atoms with Crippen molar-refractivity contribution in [1.29, 1.82) is 0 Å². The van der Waals surface area contributed by atoms with Crippen molar-refractivity contribution < 1.29 is 19.2 Å². The van der Waals surface area contributed by atoms with Gasteiger partial charge in [-0.25, -0.2) is 0 Å². The van der Waals surface area contributed by atoms with E-state index in [2.05, 4.69) is 0 Å². The fourth-order valence-corrected chi connectivity index (χ4v) is 5.89. The number of rotatable bonds is 2. The predicted octanol–water partition coefficient (Wildman–Crippen LogP) is 3.66. The first kappa shape index (κ1) is 21.6. The lowest BCUT2D eigenvalue weighted by Gasteiger charge is -2.44. The topological polar surface area (TPSA) is 74.8 Å². The molecule has 2 aromatic carbocycles. The van der Waals surface area contributed by atoms with Crippen LogP contribution in [-0.4, -0.2) is 29.5 Å². The van der Waals surface area contributed by atoms with Gasteiger partial charge in [0, 0.05) is 17.7 Å². The number of alkyl halides is 1. The lowest BCUT2D eigenvalue weighted by molar-refractivity contribution is -0.137. The number of para-hydroxylation sites is 2. The van der Waals surface area contributed by atoms with E-state index in [0.29, 0.717) is 11.4 Å². The van der Waals surface area contributed by atoms with Gasteiger partial charge in [-0.05, 0) is 24.3 Å². The standard InChI is InChI=1S/C24H18N2O4.C2H5Cl/c27-21-17-15-11-12-16(18(17)22(28)25(21)13-7-3-1-4-8-13)20-19(15)23(29)26(24(20)30)14-9-5-2-6-10-14;1-2-3/h1-12,15-20H;2H2,1H3. The number of amides is 4. The van der Waals surface area contributed by atoms with Gasteiger partial charge in [-0.3, -0.25) is 29.0 Å². The molecular weight excluding hydrogens is 440 g/mol. The van der Waals surface area contributed by atoms with E-state index in [1.165, 1.54) is 9.80 Å². The number of halogens is 1. The number of carbonyl (C=O) groups is 4. The van der Waals surface area contributed by atoms with Gasteiger partial charge in [-0.15, -0.1) is 11.6 Å². The molecule has 2 saturated heterocycles. The second-order valence-electron chi connectivity index (χ2n) is 8.60. The van der Waals surface area contributed by atoms with Gasteiger partial charge < -0.3 is 0 Å².